The summed E-state index contributed by atoms with van der Waals surface area (Å²) in [5.41, 5.74) is 2.68. The number of morpholine rings is 1. The normalized spacial score (nSPS) is 20.1. The predicted octanol–water partition coefficient (Wildman–Crippen LogP) is 3.98. The number of aliphatic hydroxyl groups excluding tert-OH is 1. The Morgan fingerprint density at radius 1 is 1.05 bits per heavy atom. The number of hydrogen-bond donors (Lipinski definition) is 1. The van der Waals surface area contributed by atoms with Gasteiger partial charge in [0.05, 0.1) is 48.0 Å². The first-order valence-electron chi connectivity index (χ1n) is 12.4. The fourth-order valence-corrected chi connectivity index (χ4v) is 5.13. The van der Waals surface area contributed by atoms with Crippen LogP contribution in [-0.2, 0) is 14.3 Å². The molecular weight excluding hydrogens is 492 g/mol. The van der Waals surface area contributed by atoms with Crippen molar-refractivity contribution in [3.05, 3.63) is 88.2 Å². The van der Waals surface area contributed by atoms with Gasteiger partial charge in [-0.1, -0.05) is 41.9 Å². The van der Waals surface area contributed by atoms with Crippen LogP contribution in [0.25, 0.3) is 11.4 Å². The summed E-state index contributed by atoms with van der Waals surface area (Å²) >= 11 is 6.12. The molecule has 0 unspecified atom stereocenters. The van der Waals surface area contributed by atoms with Gasteiger partial charge in [-0.15, -0.1) is 0 Å². The second kappa shape index (κ2) is 10.9. The zero-order valence-electron chi connectivity index (χ0n) is 20.6. The minimum atomic E-state index is -0.721. The molecule has 0 bridgehead atoms. The summed E-state index contributed by atoms with van der Waals surface area (Å²) in [6.07, 6.45) is 2.23. The first-order valence-corrected chi connectivity index (χ1v) is 12.8. The molecule has 0 aliphatic carbocycles. The molecule has 2 aromatic carbocycles. The van der Waals surface area contributed by atoms with E-state index in [9.17, 15) is 14.7 Å². The van der Waals surface area contributed by atoms with E-state index in [2.05, 4.69) is 10.00 Å². The number of amides is 1. The van der Waals surface area contributed by atoms with Gasteiger partial charge in [0.25, 0.3) is 11.7 Å². The summed E-state index contributed by atoms with van der Waals surface area (Å²) in [6, 6.07) is 15.8. The summed E-state index contributed by atoms with van der Waals surface area (Å²) < 4.78 is 7.11. The van der Waals surface area contributed by atoms with Gasteiger partial charge in [-0.05, 0) is 43.2 Å². The van der Waals surface area contributed by atoms with E-state index in [0.29, 0.717) is 48.0 Å². The van der Waals surface area contributed by atoms with Crippen LogP contribution >= 0.6 is 11.6 Å². The number of aliphatic hydroxyl groups is 1. The maximum Gasteiger partial charge on any atom is 0.295 e. The number of benzene rings is 2. The monoisotopic (exact) mass is 520 g/mol. The van der Waals surface area contributed by atoms with Crippen LogP contribution in [0.4, 0.5) is 0 Å². The van der Waals surface area contributed by atoms with Crippen LogP contribution in [-0.4, -0.2) is 75.8 Å². The molecule has 3 heterocycles. The predicted molar refractivity (Wildman–Crippen MR) is 141 cm³/mol. The van der Waals surface area contributed by atoms with Crippen LogP contribution in [0, 0.1) is 6.92 Å². The molecule has 1 atom stereocenters. The number of carbonyl (C=O) groups is 2. The lowest BCUT2D eigenvalue weighted by atomic mass is 9.95. The second-order valence-electron chi connectivity index (χ2n) is 9.24. The number of hydrogen-bond acceptors (Lipinski definition) is 6. The lowest BCUT2D eigenvalue weighted by Gasteiger charge is -2.29. The maximum absolute atomic E-state index is 13.3. The molecule has 2 aliphatic heterocycles. The minimum absolute atomic E-state index is 0.0643. The Bertz CT molecular complexity index is 1310. The molecule has 1 amide bonds. The molecule has 1 N–H and O–H groups in total. The average Bonchev–Trinajstić information content (AvgIpc) is 3.42. The van der Waals surface area contributed by atoms with E-state index in [0.717, 1.165) is 25.3 Å². The molecule has 37 heavy (non-hydrogen) atoms. The number of aromatic nitrogens is 2. The summed E-state index contributed by atoms with van der Waals surface area (Å²) in [7, 11) is 0. The molecule has 2 aliphatic rings. The van der Waals surface area contributed by atoms with Gasteiger partial charge in [-0.2, -0.15) is 5.10 Å². The largest absolute Gasteiger partial charge is 0.507 e. The Labute approximate surface area is 220 Å². The lowest BCUT2D eigenvalue weighted by Crippen LogP contribution is -2.38. The van der Waals surface area contributed by atoms with Crippen molar-refractivity contribution in [2.24, 2.45) is 0 Å². The second-order valence-corrected chi connectivity index (χ2v) is 9.68. The van der Waals surface area contributed by atoms with Crippen molar-refractivity contribution in [1.29, 1.82) is 0 Å². The van der Waals surface area contributed by atoms with Gasteiger partial charge in [0, 0.05) is 31.2 Å². The number of likely N-dealkylation sites (tertiary alicyclic amines) is 1. The van der Waals surface area contributed by atoms with E-state index in [1.54, 1.807) is 33.8 Å². The molecule has 0 radical (unpaired) electrons. The molecule has 1 aromatic heterocycles. The van der Waals surface area contributed by atoms with Gasteiger partial charge < -0.3 is 14.7 Å². The maximum atomic E-state index is 13.3. The highest BCUT2D eigenvalue weighted by Gasteiger charge is 2.46. The Kier molecular flexibility index (Phi) is 7.41. The molecule has 3 aromatic rings. The minimum Gasteiger partial charge on any atom is -0.507 e. The number of ketones is 1. The third kappa shape index (κ3) is 5.05. The highest BCUT2D eigenvalue weighted by molar-refractivity contribution is 6.46. The number of carbonyl (C=O) groups excluding carboxylic acids is 2. The highest BCUT2D eigenvalue weighted by Crippen LogP contribution is 2.40. The van der Waals surface area contributed by atoms with Crippen LogP contribution in [0.5, 0.6) is 0 Å². The quantitative estimate of drug-likeness (QED) is 0.288. The van der Waals surface area contributed by atoms with Gasteiger partial charge in [-0.3, -0.25) is 14.5 Å². The lowest BCUT2D eigenvalue weighted by molar-refractivity contribution is -0.140. The number of ether oxygens (including phenoxy) is 1. The zero-order valence-corrected chi connectivity index (χ0v) is 21.4. The van der Waals surface area contributed by atoms with E-state index in [1.165, 1.54) is 6.20 Å². The molecule has 2 saturated heterocycles. The van der Waals surface area contributed by atoms with Crippen molar-refractivity contribution >= 4 is 29.1 Å². The van der Waals surface area contributed by atoms with E-state index in [4.69, 9.17) is 16.3 Å². The summed E-state index contributed by atoms with van der Waals surface area (Å²) in [4.78, 5) is 30.4. The third-order valence-electron chi connectivity index (χ3n) is 6.97. The van der Waals surface area contributed by atoms with Gasteiger partial charge in [0.2, 0.25) is 0 Å². The standard InChI is InChI=1S/C28H29ClN4O4/c1-19-23(18-30-33(19)22-6-3-2-4-7-22)26(34)24-25(20-8-10-21(29)11-9-20)32(28(36)27(24)35)13-5-12-31-14-16-37-17-15-31/h2-4,6-11,18,25,34H,5,12-17H2,1H3/b26-24+/t25-/m0/s1. The highest BCUT2D eigenvalue weighted by atomic mass is 35.5. The van der Waals surface area contributed by atoms with E-state index in [1.807, 2.05) is 37.3 Å². The van der Waals surface area contributed by atoms with Crippen LogP contribution in [0.15, 0.2) is 66.4 Å². The van der Waals surface area contributed by atoms with Gasteiger partial charge in [0.15, 0.2) is 0 Å². The van der Waals surface area contributed by atoms with Crippen molar-refractivity contribution in [1.82, 2.24) is 19.6 Å². The smallest absolute Gasteiger partial charge is 0.295 e. The van der Waals surface area contributed by atoms with E-state index in [-0.39, 0.29) is 11.3 Å². The van der Waals surface area contributed by atoms with Crippen molar-refractivity contribution in [3.8, 4) is 5.69 Å². The third-order valence-corrected chi connectivity index (χ3v) is 7.22. The number of nitrogens with zero attached hydrogens (tertiary/aromatic N) is 4. The first kappa shape index (κ1) is 25.2. The Hall–Kier alpha value is -3.46. The number of rotatable bonds is 7. The van der Waals surface area contributed by atoms with Crippen LogP contribution in [0.3, 0.4) is 0 Å². The molecule has 0 saturated carbocycles. The van der Waals surface area contributed by atoms with Gasteiger partial charge in [-0.25, -0.2) is 4.68 Å². The van der Waals surface area contributed by atoms with Gasteiger partial charge in [0.1, 0.15) is 5.76 Å². The zero-order chi connectivity index (χ0) is 25.9. The van der Waals surface area contributed by atoms with E-state index < -0.39 is 17.7 Å². The number of halogens is 1. The number of Topliss-reactive ketones (excluding diaryl/α,β-unsaturated/α-hetero) is 1. The molecule has 192 valence electrons. The first-order chi connectivity index (χ1) is 18.0. The Morgan fingerprint density at radius 3 is 2.46 bits per heavy atom. The summed E-state index contributed by atoms with van der Waals surface area (Å²) in [5.74, 6) is -1.54. The molecule has 2 fully saturated rings. The fraction of sp³-hybridized carbons (Fsp3) is 0.321. The molecule has 0 spiro atoms. The van der Waals surface area contributed by atoms with Crippen LogP contribution in [0.2, 0.25) is 5.02 Å². The van der Waals surface area contributed by atoms with Crippen molar-refractivity contribution in [2.75, 3.05) is 39.4 Å². The van der Waals surface area contributed by atoms with E-state index >= 15 is 0 Å². The molecule has 8 nitrogen and oxygen atoms in total. The molecule has 5 rings (SSSR count). The van der Waals surface area contributed by atoms with Crippen LogP contribution < -0.4 is 0 Å². The fourth-order valence-electron chi connectivity index (χ4n) is 5.01. The Morgan fingerprint density at radius 2 is 1.76 bits per heavy atom. The van der Waals surface area contributed by atoms with Gasteiger partial charge >= 0.3 is 0 Å². The van der Waals surface area contributed by atoms with Crippen molar-refractivity contribution in [2.45, 2.75) is 19.4 Å². The summed E-state index contributed by atoms with van der Waals surface area (Å²) in [5, 5.41) is 16.4. The Balaban J connectivity index is 1.50. The van der Waals surface area contributed by atoms with Crippen molar-refractivity contribution in [3.63, 3.8) is 0 Å². The molecule has 9 heteroatoms. The van der Waals surface area contributed by atoms with Crippen LogP contribution in [0.1, 0.15) is 29.3 Å². The van der Waals surface area contributed by atoms with Crippen molar-refractivity contribution < 1.29 is 19.4 Å². The molecular formula is C28H29ClN4O4. The average molecular weight is 521 g/mol. The SMILES string of the molecule is Cc1c(/C(O)=C2\C(=O)C(=O)N(CCCN3CCOCC3)[C@H]2c2ccc(Cl)cc2)cnn1-c1ccccc1. The topological polar surface area (TPSA) is 87.9 Å². The summed E-state index contributed by atoms with van der Waals surface area (Å²) in [6.45, 7) is 6.10. The number of para-hydroxylation sites is 1.